The van der Waals surface area contributed by atoms with E-state index in [1.54, 1.807) is 11.1 Å². The molecule has 0 aromatic carbocycles. The van der Waals surface area contributed by atoms with Crippen molar-refractivity contribution in [2.75, 3.05) is 32.8 Å². The van der Waals surface area contributed by atoms with E-state index in [0.29, 0.717) is 5.41 Å². The lowest BCUT2D eigenvalue weighted by atomic mass is 9.71. The molecule has 0 spiro atoms. The third kappa shape index (κ3) is 3.32. The average molecular weight is 237 g/mol. The van der Waals surface area contributed by atoms with Crippen LogP contribution in [0.25, 0.3) is 0 Å². The Bertz CT molecular complexity index is 287. The van der Waals surface area contributed by atoms with E-state index in [-0.39, 0.29) is 0 Å². The van der Waals surface area contributed by atoms with Crippen molar-refractivity contribution in [2.24, 2.45) is 5.41 Å². The molecule has 1 saturated heterocycles. The van der Waals surface area contributed by atoms with Gasteiger partial charge in [0.15, 0.2) is 0 Å². The second-order valence-electron chi connectivity index (χ2n) is 6.20. The molecule has 0 aromatic heterocycles. The molecule has 0 bridgehead atoms. The Labute approximate surface area is 106 Å². The van der Waals surface area contributed by atoms with Crippen molar-refractivity contribution >= 4 is 0 Å². The summed E-state index contributed by atoms with van der Waals surface area (Å²) in [7, 11) is 0. The molecule has 1 fully saturated rings. The van der Waals surface area contributed by atoms with Crippen LogP contribution in [0.4, 0.5) is 0 Å². The van der Waals surface area contributed by atoms with Gasteiger partial charge in [0.25, 0.3) is 0 Å². The standard InChI is InChI=1S/C15H27NO/c1-13-5-4-7-15(2,3)14(13)6-8-16-9-11-17-12-10-16/h4-12H2,1-3H3. The first kappa shape index (κ1) is 13.1. The zero-order chi connectivity index (χ0) is 12.3. The Kier molecular flexibility index (Phi) is 4.26. The van der Waals surface area contributed by atoms with Gasteiger partial charge in [-0.3, -0.25) is 4.90 Å². The Morgan fingerprint density at radius 3 is 2.59 bits per heavy atom. The summed E-state index contributed by atoms with van der Waals surface area (Å²) in [4.78, 5) is 2.55. The van der Waals surface area contributed by atoms with Crippen LogP contribution in [0.15, 0.2) is 11.1 Å². The van der Waals surface area contributed by atoms with Crippen LogP contribution in [0, 0.1) is 5.41 Å². The molecule has 1 aliphatic heterocycles. The van der Waals surface area contributed by atoms with Crippen LogP contribution in [-0.2, 0) is 4.74 Å². The van der Waals surface area contributed by atoms with Gasteiger partial charge >= 0.3 is 0 Å². The maximum Gasteiger partial charge on any atom is 0.0594 e. The summed E-state index contributed by atoms with van der Waals surface area (Å²) in [5, 5.41) is 0. The third-order valence-electron chi connectivity index (χ3n) is 4.47. The number of allylic oxidation sites excluding steroid dienone is 1. The van der Waals surface area contributed by atoms with Gasteiger partial charge in [0.2, 0.25) is 0 Å². The molecular formula is C15H27NO. The van der Waals surface area contributed by atoms with E-state index in [4.69, 9.17) is 4.74 Å². The van der Waals surface area contributed by atoms with E-state index in [1.807, 2.05) is 0 Å². The highest BCUT2D eigenvalue weighted by Gasteiger charge is 2.28. The van der Waals surface area contributed by atoms with Gasteiger partial charge < -0.3 is 4.74 Å². The van der Waals surface area contributed by atoms with Gasteiger partial charge in [0.1, 0.15) is 0 Å². The molecule has 17 heavy (non-hydrogen) atoms. The van der Waals surface area contributed by atoms with Crippen LogP contribution in [0.3, 0.4) is 0 Å². The maximum absolute atomic E-state index is 5.40. The highest BCUT2D eigenvalue weighted by molar-refractivity contribution is 5.22. The second kappa shape index (κ2) is 5.53. The van der Waals surface area contributed by atoms with Gasteiger partial charge in [0.05, 0.1) is 13.2 Å². The van der Waals surface area contributed by atoms with Crippen molar-refractivity contribution < 1.29 is 4.74 Å². The van der Waals surface area contributed by atoms with Gasteiger partial charge in [-0.1, -0.05) is 25.0 Å². The molecule has 98 valence electrons. The van der Waals surface area contributed by atoms with E-state index >= 15 is 0 Å². The number of hydrogen-bond acceptors (Lipinski definition) is 2. The second-order valence-corrected chi connectivity index (χ2v) is 6.20. The molecule has 2 heteroatoms. The molecule has 0 N–H and O–H groups in total. The molecule has 1 aliphatic carbocycles. The minimum atomic E-state index is 0.439. The predicted octanol–water partition coefficient (Wildman–Crippen LogP) is 3.24. The fourth-order valence-corrected chi connectivity index (χ4v) is 3.32. The van der Waals surface area contributed by atoms with Crippen LogP contribution in [0.1, 0.15) is 46.5 Å². The lowest BCUT2D eigenvalue weighted by Crippen LogP contribution is -2.37. The monoisotopic (exact) mass is 237 g/mol. The largest absolute Gasteiger partial charge is 0.379 e. The van der Waals surface area contributed by atoms with Crippen LogP contribution >= 0.6 is 0 Å². The minimum absolute atomic E-state index is 0.439. The fraction of sp³-hybridized carbons (Fsp3) is 0.867. The van der Waals surface area contributed by atoms with Crippen molar-refractivity contribution in [3.8, 4) is 0 Å². The van der Waals surface area contributed by atoms with Crippen molar-refractivity contribution in [1.29, 1.82) is 0 Å². The van der Waals surface area contributed by atoms with Crippen LogP contribution in [0.2, 0.25) is 0 Å². The molecule has 0 saturated carbocycles. The molecule has 0 unspecified atom stereocenters. The SMILES string of the molecule is CC1=C(CCN2CCOCC2)C(C)(C)CCC1. The number of hydrogen-bond donors (Lipinski definition) is 0. The van der Waals surface area contributed by atoms with E-state index in [2.05, 4.69) is 25.7 Å². The fourth-order valence-electron chi connectivity index (χ4n) is 3.32. The number of rotatable bonds is 3. The quantitative estimate of drug-likeness (QED) is 0.699. The molecular weight excluding hydrogens is 210 g/mol. The van der Waals surface area contributed by atoms with Crippen LogP contribution in [-0.4, -0.2) is 37.7 Å². The van der Waals surface area contributed by atoms with Crippen LogP contribution < -0.4 is 0 Å². The zero-order valence-electron chi connectivity index (χ0n) is 11.7. The van der Waals surface area contributed by atoms with Gasteiger partial charge in [-0.05, 0) is 38.0 Å². The summed E-state index contributed by atoms with van der Waals surface area (Å²) in [6.07, 6.45) is 5.32. The summed E-state index contributed by atoms with van der Waals surface area (Å²) in [5.74, 6) is 0. The van der Waals surface area contributed by atoms with E-state index in [0.717, 1.165) is 26.3 Å². The molecule has 0 amide bonds. The highest BCUT2D eigenvalue weighted by Crippen LogP contribution is 2.41. The molecule has 2 nitrogen and oxygen atoms in total. The van der Waals surface area contributed by atoms with E-state index < -0.39 is 0 Å². The van der Waals surface area contributed by atoms with Gasteiger partial charge in [0, 0.05) is 19.6 Å². The smallest absolute Gasteiger partial charge is 0.0594 e. The summed E-state index contributed by atoms with van der Waals surface area (Å²) in [6.45, 7) is 12.5. The summed E-state index contributed by atoms with van der Waals surface area (Å²) >= 11 is 0. The van der Waals surface area contributed by atoms with Crippen molar-refractivity contribution in [2.45, 2.75) is 46.5 Å². The van der Waals surface area contributed by atoms with Gasteiger partial charge in [-0.2, -0.15) is 0 Å². The molecule has 0 radical (unpaired) electrons. The Balaban J connectivity index is 1.92. The van der Waals surface area contributed by atoms with Crippen LogP contribution in [0.5, 0.6) is 0 Å². The van der Waals surface area contributed by atoms with E-state index in [9.17, 15) is 0 Å². The van der Waals surface area contributed by atoms with Crippen molar-refractivity contribution in [3.63, 3.8) is 0 Å². The lowest BCUT2D eigenvalue weighted by Gasteiger charge is -2.36. The topological polar surface area (TPSA) is 12.5 Å². The molecule has 0 atom stereocenters. The Hall–Kier alpha value is -0.340. The normalized spacial score (nSPS) is 26.3. The molecule has 0 aromatic rings. The van der Waals surface area contributed by atoms with Crippen molar-refractivity contribution in [3.05, 3.63) is 11.1 Å². The van der Waals surface area contributed by atoms with E-state index in [1.165, 1.54) is 32.2 Å². The van der Waals surface area contributed by atoms with Crippen molar-refractivity contribution in [1.82, 2.24) is 4.90 Å². The molecule has 2 rings (SSSR count). The number of ether oxygens (including phenoxy) is 1. The highest BCUT2D eigenvalue weighted by atomic mass is 16.5. The number of nitrogens with zero attached hydrogens (tertiary/aromatic N) is 1. The first-order valence-electron chi connectivity index (χ1n) is 7.09. The number of morpholine rings is 1. The lowest BCUT2D eigenvalue weighted by molar-refractivity contribution is 0.0378. The summed E-state index contributed by atoms with van der Waals surface area (Å²) < 4.78 is 5.40. The minimum Gasteiger partial charge on any atom is -0.379 e. The first-order chi connectivity index (χ1) is 8.09. The van der Waals surface area contributed by atoms with Gasteiger partial charge in [-0.25, -0.2) is 0 Å². The molecule has 2 aliphatic rings. The molecule has 1 heterocycles. The summed E-state index contributed by atoms with van der Waals surface area (Å²) in [6, 6.07) is 0. The maximum atomic E-state index is 5.40. The van der Waals surface area contributed by atoms with Gasteiger partial charge in [-0.15, -0.1) is 0 Å². The Morgan fingerprint density at radius 1 is 1.24 bits per heavy atom. The summed E-state index contributed by atoms with van der Waals surface area (Å²) in [5.41, 5.74) is 3.83. The Morgan fingerprint density at radius 2 is 1.94 bits per heavy atom. The predicted molar refractivity (Wildman–Crippen MR) is 72.2 cm³/mol. The third-order valence-corrected chi connectivity index (χ3v) is 4.47. The average Bonchev–Trinajstić information content (AvgIpc) is 2.29. The zero-order valence-corrected chi connectivity index (χ0v) is 11.7. The first-order valence-corrected chi connectivity index (χ1v) is 7.09.